The second-order valence-electron chi connectivity index (χ2n) is 9.69. The summed E-state index contributed by atoms with van der Waals surface area (Å²) < 4.78 is 13.7. The van der Waals surface area contributed by atoms with Gasteiger partial charge in [-0.05, 0) is 48.4 Å². The molecule has 190 valence electrons. The van der Waals surface area contributed by atoms with Crippen LogP contribution in [0.15, 0.2) is 97.1 Å². The highest BCUT2D eigenvalue weighted by Crippen LogP contribution is 2.50. The van der Waals surface area contributed by atoms with Gasteiger partial charge in [0.25, 0.3) is 5.91 Å². The van der Waals surface area contributed by atoms with E-state index in [0.29, 0.717) is 0 Å². The van der Waals surface area contributed by atoms with Crippen molar-refractivity contribution < 1.29 is 14.3 Å². The fraction of sp³-hybridized carbons (Fsp3) is 0.182. The number of aryl methyl sites for hydroxylation is 1. The lowest BCUT2D eigenvalue weighted by Gasteiger charge is -2.33. The van der Waals surface area contributed by atoms with Crippen molar-refractivity contribution in [2.75, 3.05) is 14.2 Å². The average molecular weight is 503 g/mol. The Kier molecular flexibility index (Phi) is 5.91. The van der Waals surface area contributed by atoms with Gasteiger partial charge in [-0.3, -0.25) is 4.79 Å². The molecule has 0 saturated heterocycles. The molecule has 1 aliphatic rings. The van der Waals surface area contributed by atoms with Crippen LogP contribution < -0.4 is 9.47 Å². The predicted molar refractivity (Wildman–Crippen MR) is 151 cm³/mol. The summed E-state index contributed by atoms with van der Waals surface area (Å²) in [6.45, 7) is 2.11. The maximum absolute atomic E-state index is 14.1. The maximum atomic E-state index is 14.1. The van der Waals surface area contributed by atoms with Gasteiger partial charge in [-0.25, -0.2) is 0 Å². The molecule has 38 heavy (non-hydrogen) atoms. The molecule has 0 saturated carbocycles. The largest absolute Gasteiger partial charge is 0.497 e. The van der Waals surface area contributed by atoms with E-state index >= 15 is 0 Å². The van der Waals surface area contributed by atoms with Crippen LogP contribution in [0.25, 0.3) is 22.2 Å². The number of carbonyl (C=O) groups excluding carboxylic acids is 1. The van der Waals surface area contributed by atoms with E-state index in [2.05, 4.69) is 61.0 Å². The van der Waals surface area contributed by atoms with Crippen LogP contribution in [0.4, 0.5) is 0 Å². The highest BCUT2D eigenvalue weighted by molar-refractivity contribution is 6.03. The molecule has 0 bridgehead atoms. The van der Waals surface area contributed by atoms with Crippen LogP contribution in [-0.2, 0) is 7.05 Å². The first-order valence-corrected chi connectivity index (χ1v) is 12.8. The molecule has 0 aliphatic carbocycles. The lowest BCUT2D eigenvalue weighted by molar-refractivity contribution is 0.0678. The summed E-state index contributed by atoms with van der Waals surface area (Å²) in [5.74, 6) is 1.53. The van der Waals surface area contributed by atoms with Crippen molar-refractivity contribution in [3.8, 4) is 22.8 Å². The first kappa shape index (κ1) is 23.9. The molecule has 5 nitrogen and oxygen atoms in total. The zero-order chi connectivity index (χ0) is 26.4. The third-order valence-electron chi connectivity index (χ3n) is 7.78. The Morgan fingerprint density at radius 3 is 2.26 bits per heavy atom. The zero-order valence-electron chi connectivity index (χ0n) is 22.0. The minimum Gasteiger partial charge on any atom is -0.497 e. The molecule has 6 rings (SSSR count). The number of hydrogen-bond donors (Lipinski definition) is 0. The zero-order valence-corrected chi connectivity index (χ0v) is 22.0. The number of amides is 1. The molecular formula is C33H30N2O3. The molecule has 0 unspecified atom stereocenters. The van der Waals surface area contributed by atoms with Crippen LogP contribution in [0, 0.1) is 0 Å². The predicted octanol–water partition coefficient (Wildman–Crippen LogP) is 7.17. The van der Waals surface area contributed by atoms with Gasteiger partial charge in [-0.1, -0.05) is 66.7 Å². The van der Waals surface area contributed by atoms with Crippen molar-refractivity contribution in [2.45, 2.75) is 19.0 Å². The molecule has 5 heteroatoms. The molecule has 5 aromatic rings. The van der Waals surface area contributed by atoms with Gasteiger partial charge in [0.05, 0.1) is 32.0 Å². The van der Waals surface area contributed by atoms with Crippen molar-refractivity contribution >= 4 is 16.8 Å². The molecule has 0 radical (unpaired) electrons. The monoisotopic (exact) mass is 502 g/mol. The third-order valence-corrected chi connectivity index (χ3v) is 7.78. The smallest absolute Gasteiger partial charge is 0.255 e. The SMILES string of the molecule is COc1ccc(OC)c(-c2c([C@H]3c4ccccc4C(=O)N3[C@@H](C)c3ccccc3)c3ccccc3n2C)c1. The molecule has 1 aliphatic heterocycles. The second kappa shape index (κ2) is 9.42. The standard InChI is InChI=1S/C33H30N2O3/c1-21(22-12-6-5-7-13-22)35-32(24-14-8-9-15-25(24)33(35)36)30-26-16-10-11-17-28(26)34(2)31(30)27-20-23(37-3)18-19-29(27)38-4/h5-21,32H,1-4H3/t21-,32+/m0/s1. The highest BCUT2D eigenvalue weighted by Gasteiger charge is 2.43. The summed E-state index contributed by atoms with van der Waals surface area (Å²) in [5.41, 5.74) is 6.95. The fourth-order valence-corrected chi connectivity index (χ4v) is 5.95. The topological polar surface area (TPSA) is 43.7 Å². The van der Waals surface area contributed by atoms with Crippen LogP contribution in [-0.4, -0.2) is 29.6 Å². The Bertz CT molecular complexity index is 1650. The molecule has 0 N–H and O–H groups in total. The minimum absolute atomic E-state index is 0.0402. The molecule has 1 aromatic heterocycles. The molecule has 4 aromatic carbocycles. The van der Waals surface area contributed by atoms with Gasteiger partial charge in [0.1, 0.15) is 11.5 Å². The first-order chi connectivity index (χ1) is 18.5. The summed E-state index contributed by atoms with van der Waals surface area (Å²) in [6.07, 6.45) is 0. The van der Waals surface area contributed by atoms with Gasteiger partial charge in [0.15, 0.2) is 0 Å². The summed E-state index contributed by atoms with van der Waals surface area (Å²) >= 11 is 0. The fourth-order valence-electron chi connectivity index (χ4n) is 5.95. The van der Waals surface area contributed by atoms with E-state index in [4.69, 9.17) is 9.47 Å². The van der Waals surface area contributed by atoms with E-state index in [1.165, 1.54) is 0 Å². The van der Waals surface area contributed by atoms with Crippen LogP contribution in [0.3, 0.4) is 0 Å². The summed E-state index contributed by atoms with van der Waals surface area (Å²) in [6, 6.07) is 32.1. The van der Waals surface area contributed by atoms with Crippen molar-refractivity contribution in [2.24, 2.45) is 7.05 Å². The van der Waals surface area contributed by atoms with Crippen LogP contribution in [0.1, 0.15) is 46.1 Å². The Morgan fingerprint density at radius 2 is 1.50 bits per heavy atom. The number of rotatable bonds is 6. The van der Waals surface area contributed by atoms with Gasteiger partial charge in [0, 0.05) is 34.6 Å². The van der Waals surface area contributed by atoms with Crippen molar-refractivity contribution in [1.82, 2.24) is 9.47 Å². The molecule has 0 fully saturated rings. The highest BCUT2D eigenvalue weighted by atomic mass is 16.5. The van der Waals surface area contributed by atoms with Crippen LogP contribution >= 0.6 is 0 Å². The van der Waals surface area contributed by atoms with Gasteiger partial charge in [0.2, 0.25) is 0 Å². The number of hydrogen-bond acceptors (Lipinski definition) is 3. The number of aromatic nitrogens is 1. The Labute approximate surface area is 222 Å². The minimum atomic E-state index is -0.286. The first-order valence-electron chi connectivity index (χ1n) is 12.8. The van der Waals surface area contributed by atoms with Crippen LogP contribution in [0.5, 0.6) is 11.5 Å². The van der Waals surface area contributed by atoms with Crippen molar-refractivity contribution in [3.63, 3.8) is 0 Å². The lowest BCUT2D eigenvalue weighted by atomic mass is 9.92. The molecular weight excluding hydrogens is 472 g/mol. The van der Waals surface area contributed by atoms with E-state index in [1.807, 2.05) is 59.5 Å². The summed E-state index contributed by atoms with van der Waals surface area (Å²) in [5, 5.41) is 1.11. The Balaban J connectivity index is 1.69. The Morgan fingerprint density at radius 1 is 0.789 bits per heavy atom. The number of nitrogens with zero attached hydrogens (tertiary/aromatic N) is 2. The summed E-state index contributed by atoms with van der Waals surface area (Å²) in [7, 11) is 5.43. The Hall–Kier alpha value is -4.51. The number of ether oxygens (including phenoxy) is 2. The van der Waals surface area contributed by atoms with Crippen molar-refractivity contribution in [3.05, 3.63) is 119 Å². The van der Waals surface area contributed by atoms with Gasteiger partial charge < -0.3 is 18.9 Å². The van der Waals surface area contributed by atoms with Crippen LogP contribution in [0.2, 0.25) is 0 Å². The molecule has 2 heterocycles. The summed E-state index contributed by atoms with van der Waals surface area (Å²) in [4.78, 5) is 16.1. The van der Waals surface area contributed by atoms with E-state index in [1.54, 1.807) is 14.2 Å². The second-order valence-corrected chi connectivity index (χ2v) is 9.69. The third kappa shape index (κ3) is 3.58. The number of benzene rings is 4. The number of fused-ring (bicyclic) bond motifs is 2. The molecule has 0 spiro atoms. The van der Waals surface area contributed by atoms with Gasteiger partial charge in [-0.15, -0.1) is 0 Å². The number of para-hydroxylation sites is 1. The van der Waals surface area contributed by atoms with Gasteiger partial charge in [-0.2, -0.15) is 0 Å². The van der Waals surface area contributed by atoms with Gasteiger partial charge >= 0.3 is 0 Å². The number of carbonyl (C=O) groups is 1. The maximum Gasteiger partial charge on any atom is 0.255 e. The quantitative estimate of drug-likeness (QED) is 0.247. The lowest BCUT2D eigenvalue weighted by Crippen LogP contribution is -2.32. The van der Waals surface area contributed by atoms with E-state index in [-0.39, 0.29) is 18.0 Å². The molecule has 1 amide bonds. The van der Waals surface area contributed by atoms with E-state index < -0.39 is 0 Å². The van der Waals surface area contributed by atoms with E-state index in [9.17, 15) is 4.79 Å². The van der Waals surface area contributed by atoms with Crippen molar-refractivity contribution in [1.29, 1.82) is 0 Å². The number of methoxy groups -OCH3 is 2. The normalized spacial score (nSPS) is 15.5. The average Bonchev–Trinajstić information content (AvgIpc) is 3.43. The molecule has 2 atom stereocenters. The van der Waals surface area contributed by atoms with E-state index in [0.717, 1.165) is 55.9 Å².